The third-order valence-corrected chi connectivity index (χ3v) is 26.4. The van der Waals surface area contributed by atoms with E-state index >= 15 is 0 Å². The van der Waals surface area contributed by atoms with Crippen molar-refractivity contribution in [1.29, 1.82) is 0 Å². The van der Waals surface area contributed by atoms with Gasteiger partial charge in [-0.3, -0.25) is 0 Å². The number of hydrogen-bond donors (Lipinski definition) is 0. The van der Waals surface area contributed by atoms with Crippen molar-refractivity contribution in [2.75, 3.05) is 0 Å². The van der Waals surface area contributed by atoms with Crippen LogP contribution in [0, 0.1) is 23.0 Å². The molecule has 14 aromatic rings. The summed E-state index contributed by atoms with van der Waals surface area (Å²) in [7, 11) is 0. The Morgan fingerprint density at radius 1 is 0.272 bits per heavy atom. The molecule has 0 saturated heterocycles. The maximum absolute atomic E-state index is 6.59. The van der Waals surface area contributed by atoms with E-state index in [1.165, 1.54) is 44.5 Å². The van der Waals surface area contributed by atoms with Gasteiger partial charge in [-0.1, -0.05) is 300 Å². The smallest absolute Gasteiger partial charge is 0.199 e. The molecule has 16 rings (SSSR count). The second-order valence-electron chi connectivity index (χ2n) is 38.6. The van der Waals surface area contributed by atoms with Crippen LogP contribution in [0.15, 0.2) is 215 Å². The molecule has 0 N–H and O–H groups in total. The molecule has 0 aliphatic heterocycles. The van der Waals surface area contributed by atoms with Crippen molar-refractivity contribution >= 4 is 21.9 Å². The van der Waals surface area contributed by atoms with Crippen molar-refractivity contribution in [2.24, 2.45) is 10.8 Å². The van der Waals surface area contributed by atoms with Crippen molar-refractivity contribution in [2.45, 2.75) is 209 Å². The monoisotopic (exact) mass is 1860 g/mol. The number of aromatic nitrogens is 8. The number of pyridine rings is 2. The Morgan fingerprint density at radius 3 is 0.904 bits per heavy atom. The van der Waals surface area contributed by atoms with Crippen LogP contribution in [-0.4, -0.2) is 39.9 Å². The standard InChI is InChI=1S/C55H55N4O.C47H51N4O.2Ir/c1-51(2,3)39-21-13-33(14-22-39)48-57-49(34-15-23-40(24-16-34)52(4,5)6)59-50(58-48)37-18-26-42-41-25-17-35(30-46(41)60-47(42)31-37)38-20-28-45(56-32-38)36-19-27-43-44(29-36)54(9,10)55(11,12)53(43,7)8;1-43(2,3)33-19-13-29(14-20-33)40-49-41(30-15-21-34(22-16-30)44(4,5)6)51-42(50-40)39-26-25-38(52-39)32-18-24-37(48-28-32)31-17-23-35-36(27-31)46(9,10)47(11,12)45(35,7)8;;/h13-18,20-32H,1-12H3;13-16,18-28H,1-12H3;;/q2*-1;;. The molecule has 6 aromatic heterocycles. The number of rotatable bonds is 10. The van der Waals surface area contributed by atoms with Gasteiger partial charge < -0.3 is 18.8 Å². The Labute approximate surface area is 702 Å². The molecule has 114 heavy (non-hydrogen) atoms. The van der Waals surface area contributed by atoms with Gasteiger partial charge in [-0.05, 0) is 135 Å². The summed E-state index contributed by atoms with van der Waals surface area (Å²) in [6, 6.07) is 75.1. The maximum atomic E-state index is 6.59. The molecule has 0 unspecified atom stereocenters. The summed E-state index contributed by atoms with van der Waals surface area (Å²) in [5.74, 6) is 4.82. The summed E-state index contributed by atoms with van der Waals surface area (Å²) in [5.41, 5.74) is 24.1. The van der Waals surface area contributed by atoms with E-state index in [-0.39, 0.29) is 94.4 Å². The van der Waals surface area contributed by atoms with Gasteiger partial charge >= 0.3 is 0 Å². The van der Waals surface area contributed by atoms with Gasteiger partial charge in [-0.15, -0.1) is 69.8 Å². The zero-order valence-electron chi connectivity index (χ0n) is 70.7. The van der Waals surface area contributed by atoms with E-state index in [4.69, 9.17) is 48.7 Å². The summed E-state index contributed by atoms with van der Waals surface area (Å²) in [6.07, 6.45) is 3.83. The fraction of sp³-hybridized carbons (Fsp3) is 0.333. The van der Waals surface area contributed by atoms with Crippen molar-refractivity contribution in [3.63, 3.8) is 0 Å². The minimum atomic E-state index is 0. The fourth-order valence-electron chi connectivity index (χ4n) is 16.4. The first-order valence-corrected chi connectivity index (χ1v) is 39.6. The summed E-state index contributed by atoms with van der Waals surface area (Å²) >= 11 is 0. The van der Waals surface area contributed by atoms with Gasteiger partial charge in [-0.2, -0.15) is 0 Å². The number of hydrogen-bond acceptors (Lipinski definition) is 10. The average Bonchev–Trinajstić information content (AvgIpc) is 1.55. The molecular weight excluding hydrogens is 1750 g/mol. The SMILES string of the molecule is CC(C)(C)c1ccc(-c2nc(-c3ccc(C(C)(C)C)cc3)nc(-c3ccc(-c4ccc(-c5[c-]cc6c(c5)C(C)(C)C(C)(C)C6(C)C)nc4)o3)n2)cc1.CC(C)(C)c1ccc(-c2nc(-c3ccc(C(C)(C)C)cc3)nc(-c3ccc4c(c3)oc3cc(-c5ccc(-c6[c-]cc7c(c6)C(C)(C)C(C)(C)C7(C)C)nc5)ccc34)n2)cc1.[Ir].[Ir]. The Hall–Kier alpha value is -9.54. The van der Waals surface area contributed by atoms with Crippen LogP contribution in [-0.2, 0) is 83.5 Å². The van der Waals surface area contributed by atoms with Crippen molar-refractivity contribution in [3.05, 3.63) is 263 Å². The molecule has 2 aliphatic rings. The summed E-state index contributed by atoms with van der Waals surface area (Å²) < 4.78 is 13.0. The maximum Gasteiger partial charge on any atom is 0.199 e. The first kappa shape index (κ1) is 82.4. The van der Waals surface area contributed by atoms with E-state index in [2.05, 4.69) is 360 Å². The molecule has 2 aliphatic carbocycles. The van der Waals surface area contributed by atoms with Gasteiger partial charge in [0.15, 0.2) is 40.7 Å². The molecule has 8 aromatic carbocycles. The van der Waals surface area contributed by atoms with Crippen LogP contribution in [0.3, 0.4) is 0 Å². The molecule has 0 amide bonds. The van der Waals surface area contributed by atoms with E-state index in [0.717, 1.165) is 89.0 Å². The molecule has 0 atom stereocenters. The van der Waals surface area contributed by atoms with Crippen LogP contribution in [0.1, 0.15) is 211 Å². The van der Waals surface area contributed by atoms with Crippen molar-refractivity contribution < 1.29 is 49.0 Å². The Balaban J connectivity index is 0.000000198. The minimum Gasteiger partial charge on any atom is -0.456 e. The molecule has 0 spiro atoms. The van der Waals surface area contributed by atoms with Gasteiger partial charge in [0.1, 0.15) is 16.9 Å². The van der Waals surface area contributed by atoms with Crippen LogP contribution in [0.25, 0.3) is 135 Å². The zero-order valence-corrected chi connectivity index (χ0v) is 75.5. The summed E-state index contributed by atoms with van der Waals surface area (Å²) in [4.78, 5) is 39.8. The first-order valence-electron chi connectivity index (χ1n) is 39.6. The predicted octanol–water partition coefficient (Wildman–Crippen LogP) is 26.7. The third-order valence-electron chi connectivity index (χ3n) is 26.4. The van der Waals surface area contributed by atoms with Crippen LogP contribution < -0.4 is 0 Å². The van der Waals surface area contributed by atoms with Crippen LogP contribution in [0.2, 0.25) is 0 Å². The second-order valence-corrected chi connectivity index (χ2v) is 38.6. The first-order chi connectivity index (χ1) is 52.5. The Kier molecular flexibility index (Phi) is 21.2. The quantitative estimate of drug-likeness (QED) is 0.122. The van der Waals surface area contributed by atoms with Gasteiger partial charge in [0.2, 0.25) is 0 Å². The largest absolute Gasteiger partial charge is 0.456 e. The minimum absolute atomic E-state index is 0. The Morgan fingerprint density at radius 2 is 0.561 bits per heavy atom. The van der Waals surface area contributed by atoms with E-state index in [9.17, 15) is 0 Å². The zero-order chi connectivity index (χ0) is 80.0. The van der Waals surface area contributed by atoms with E-state index in [1.807, 2.05) is 24.5 Å². The third kappa shape index (κ3) is 14.7. The van der Waals surface area contributed by atoms with E-state index < -0.39 is 0 Å². The van der Waals surface area contributed by atoms with Crippen LogP contribution >= 0.6 is 0 Å². The molecule has 2 radical (unpaired) electrons. The normalized spacial score (nSPS) is 15.6. The number of benzene rings is 8. The van der Waals surface area contributed by atoms with Crippen LogP contribution in [0.4, 0.5) is 0 Å². The van der Waals surface area contributed by atoms with E-state index in [1.54, 1.807) is 0 Å². The van der Waals surface area contributed by atoms with Crippen molar-refractivity contribution in [3.8, 4) is 113 Å². The average molecular weight is 1860 g/mol. The Bertz CT molecular complexity index is 5780. The molecular formula is C102H106Ir2N8O2-2. The van der Waals surface area contributed by atoms with Gasteiger partial charge in [-0.25, -0.2) is 29.9 Å². The number of fused-ring (bicyclic) bond motifs is 5. The molecule has 0 bridgehead atoms. The topological polar surface area (TPSA) is 129 Å². The number of nitrogens with zero attached hydrogens (tertiary/aromatic N) is 8. The predicted molar refractivity (Wildman–Crippen MR) is 461 cm³/mol. The number of furan rings is 2. The summed E-state index contributed by atoms with van der Waals surface area (Å²) in [6.45, 7) is 55.1. The molecule has 586 valence electrons. The van der Waals surface area contributed by atoms with Crippen LogP contribution in [0.5, 0.6) is 0 Å². The molecule has 12 heteroatoms. The van der Waals surface area contributed by atoms with Crippen molar-refractivity contribution in [1.82, 2.24) is 39.9 Å². The molecule has 10 nitrogen and oxygen atoms in total. The second kappa shape index (κ2) is 29.3. The fourth-order valence-corrected chi connectivity index (χ4v) is 16.4. The summed E-state index contributed by atoms with van der Waals surface area (Å²) in [5, 5.41) is 2.10. The van der Waals surface area contributed by atoms with Gasteiger partial charge in [0, 0.05) is 96.8 Å². The molecule has 6 heterocycles. The molecule has 0 saturated carbocycles. The molecule has 0 fully saturated rings. The van der Waals surface area contributed by atoms with Gasteiger partial charge in [0.05, 0.1) is 0 Å². The van der Waals surface area contributed by atoms with E-state index in [0.29, 0.717) is 46.5 Å². The van der Waals surface area contributed by atoms with Gasteiger partial charge in [0.25, 0.3) is 0 Å².